The molecule has 4 heteroatoms. The number of hydrogen-bond donors (Lipinski definition) is 0. The molecule has 158 valence electrons. The molecule has 0 spiro atoms. The molecule has 3 aromatic carbocycles. The summed E-state index contributed by atoms with van der Waals surface area (Å²) in [6.07, 6.45) is 3.07. The van der Waals surface area contributed by atoms with Crippen LogP contribution in [-0.4, -0.2) is 18.2 Å². The van der Waals surface area contributed by atoms with Crippen molar-refractivity contribution in [3.63, 3.8) is 0 Å². The maximum absolute atomic E-state index is 12.0. The molecule has 0 N–H and O–H groups in total. The van der Waals surface area contributed by atoms with Crippen LogP contribution in [0.25, 0.3) is 0 Å². The van der Waals surface area contributed by atoms with Crippen molar-refractivity contribution in [2.45, 2.75) is 39.2 Å². The van der Waals surface area contributed by atoms with E-state index in [-0.39, 0.29) is 12.1 Å². The predicted octanol–water partition coefficient (Wildman–Crippen LogP) is 5.95. The number of benzene rings is 3. The van der Waals surface area contributed by atoms with Gasteiger partial charge < -0.3 is 0 Å². The quantitative estimate of drug-likeness (QED) is 0.213. The normalized spacial score (nSPS) is 12.9. The molecule has 0 fully saturated rings. The molecule has 0 radical (unpaired) electrons. The zero-order valence-corrected chi connectivity index (χ0v) is 20.2. The molecule has 0 saturated carbocycles. The Labute approximate surface area is 188 Å². The van der Waals surface area contributed by atoms with Gasteiger partial charge in [0.15, 0.2) is 0 Å². The molecule has 0 aliphatic rings. The van der Waals surface area contributed by atoms with E-state index >= 15 is 0 Å². The van der Waals surface area contributed by atoms with Crippen LogP contribution in [-0.2, 0) is 9.53 Å². The Balaban J connectivity index is 2.03. The maximum atomic E-state index is 12.0. The van der Waals surface area contributed by atoms with Crippen molar-refractivity contribution in [1.82, 2.24) is 0 Å². The van der Waals surface area contributed by atoms with Crippen molar-refractivity contribution in [3.05, 3.63) is 91.0 Å². The van der Waals surface area contributed by atoms with Crippen molar-refractivity contribution in [2.75, 3.05) is 6.16 Å². The number of hydrogen-bond acceptors (Lipinski definition) is 2. The molecule has 0 aliphatic carbocycles. The average molecular weight is 485 g/mol. The summed E-state index contributed by atoms with van der Waals surface area (Å²) in [5.74, 6) is -0.112. The van der Waals surface area contributed by atoms with Gasteiger partial charge in [0, 0.05) is 0 Å². The Hall–Kier alpha value is -1.96. The Kier molecular flexibility index (Phi) is 7.50. The molecule has 0 saturated heterocycles. The third-order valence-corrected chi connectivity index (χ3v) is 15.5. The van der Waals surface area contributed by atoms with E-state index < -0.39 is 5.31 Å². The van der Waals surface area contributed by atoms with Gasteiger partial charge >= 0.3 is 189 Å². The van der Waals surface area contributed by atoms with Crippen LogP contribution in [0.2, 0.25) is 0 Å². The van der Waals surface area contributed by atoms with Crippen LogP contribution in [0.4, 0.5) is 0 Å². The molecule has 3 aromatic rings. The molecule has 0 unspecified atom stereocenters. The van der Waals surface area contributed by atoms with Crippen LogP contribution < -0.4 is 15.9 Å². The fourth-order valence-corrected chi connectivity index (χ4v) is 11.8. The van der Waals surface area contributed by atoms with Crippen molar-refractivity contribution in [2.24, 2.45) is 0 Å². The van der Waals surface area contributed by atoms with Crippen LogP contribution in [0.15, 0.2) is 91.0 Å². The molecular formula is C26H30BrO2P. The number of unbranched alkanes of at least 4 members (excludes halogenated alkanes) is 1. The molecule has 0 atom stereocenters. The molecule has 0 heterocycles. The number of carbonyl (C=O) groups excluding carboxylic acids is 1. The van der Waals surface area contributed by atoms with Crippen LogP contribution in [0, 0.1) is 0 Å². The van der Waals surface area contributed by atoms with E-state index in [1.165, 1.54) is 15.9 Å². The monoisotopic (exact) mass is 484 g/mol. The zero-order chi connectivity index (χ0) is 21.5. The van der Waals surface area contributed by atoms with E-state index in [9.17, 15) is 4.79 Å². The van der Waals surface area contributed by atoms with Crippen LogP contribution >= 0.6 is 20.8 Å². The second kappa shape index (κ2) is 9.90. The van der Waals surface area contributed by atoms with Gasteiger partial charge in [-0.3, -0.25) is 0 Å². The van der Waals surface area contributed by atoms with E-state index in [0.29, 0.717) is 6.42 Å². The number of rotatable bonds is 9. The third kappa shape index (κ3) is 4.68. The standard InChI is InChI=1S/C26H30BrO2P/c1-22(2)29-26(28)20-12-13-21-30(27,23-14-6-3-7-15-23,24-16-8-4-9-17-24)25-18-10-5-11-19-25/h3-11,14-19,22H,12-13,20-21H2,1-2H3. The summed E-state index contributed by atoms with van der Waals surface area (Å²) in [4.78, 5) is 12.0. The summed E-state index contributed by atoms with van der Waals surface area (Å²) >= 11 is 4.44. The number of carbonyl (C=O) groups is 1. The molecule has 0 amide bonds. The van der Waals surface area contributed by atoms with Gasteiger partial charge in [0.1, 0.15) is 0 Å². The fraction of sp³-hybridized carbons (Fsp3) is 0.269. The first-order valence-electron chi connectivity index (χ1n) is 10.5. The van der Waals surface area contributed by atoms with Gasteiger partial charge in [-0.2, -0.15) is 0 Å². The van der Waals surface area contributed by atoms with E-state index in [1.807, 2.05) is 13.8 Å². The molecule has 0 aliphatic heterocycles. The zero-order valence-electron chi connectivity index (χ0n) is 17.7. The Morgan fingerprint density at radius 3 is 1.53 bits per heavy atom. The van der Waals surface area contributed by atoms with Crippen LogP contribution in [0.1, 0.15) is 33.1 Å². The van der Waals surface area contributed by atoms with E-state index in [4.69, 9.17) is 4.74 Å². The first-order valence-corrected chi connectivity index (χ1v) is 15.0. The van der Waals surface area contributed by atoms with Gasteiger partial charge in [0.05, 0.1) is 0 Å². The van der Waals surface area contributed by atoms with Crippen molar-refractivity contribution < 1.29 is 9.53 Å². The summed E-state index contributed by atoms with van der Waals surface area (Å²) in [6.45, 7) is 3.78. The van der Waals surface area contributed by atoms with Gasteiger partial charge in [0.2, 0.25) is 0 Å². The van der Waals surface area contributed by atoms with Crippen molar-refractivity contribution in [1.29, 1.82) is 0 Å². The molecular weight excluding hydrogens is 455 g/mol. The van der Waals surface area contributed by atoms with Crippen LogP contribution in [0.3, 0.4) is 0 Å². The fourth-order valence-electron chi connectivity index (χ4n) is 4.05. The first kappa shape index (κ1) is 22.7. The third-order valence-electron chi connectivity index (χ3n) is 5.46. The average Bonchev–Trinajstić information content (AvgIpc) is 2.78. The molecule has 30 heavy (non-hydrogen) atoms. The summed E-state index contributed by atoms with van der Waals surface area (Å²) in [5.41, 5.74) is 0. The Morgan fingerprint density at radius 2 is 1.17 bits per heavy atom. The van der Waals surface area contributed by atoms with Crippen molar-refractivity contribution >= 4 is 42.7 Å². The Morgan fingerprint density at radius 1 is 0.767 bits per heavy atom. The van der Waals surface area contributed by atoms with E-state index in [1.54, 1.807) is 0 Å². The molecule has 0 bridgehead atoms. The minimum absolute atomic E-state index is 0.0640. The van der Waals surface area contributed by atoms with Crippen molar-refractivity contribution in [3.8, 4) is 0 Å². The first-order chi connectivity index (χ1) is 14.4. The SMILES string of the molecule is CC(C)OC(=O)CCCCP(Br)(c1ccccc1)(c1ccccc1)c1ccccc1. The van der Waals surface area contributed by atoms with E-state index in [2.05, 4.69) is 106 Å². The molecule has 3 rings (SSSR count). The molecule has 0 aromatic heterocycles. The van der Waals surface area contributed by atoms with Gasteiger partial charge in [-0.1, -0.05) is 0 Å². The predicted molar refractivity (Wildman–Crippen MR) is 134 cm³/mol. The van der Waals surface area contributed by atoms with Gasteiger partial charge in [-0.05, 0) is 0 Å². The summed E-state index contributed by atoms with van der Waals surface area (Å²) in [7, 11) is 0. The summed E-state index contributed by atoms with van der Waals surface area (Å²) < 4.78 is 5.32. The number of ether oxygens (including phenoxy) is 1. The molecule has 2 nitrogen and oxygen atoms in total. The van der Waals surface area contributed by atoms with Gasteiger partial charge in [-0.25, -0.2) is 0 Å². The topological polar surface area (TPSA) is 26.3 Å². The number of esters is 1. The number of halogens is 1. The van der Waals surface area contributed by atoms with Crippen LogP contribution in [0.5, 0.6) is 0 Å². The van der Waals surface area contributed by atoms with Gasteiger partial charge in [-0.15, -0.1) is 0 Å². The van der Waals surface area contributed by atoms with Gasteiger partial charge in [0.25, 0.3) is 0 Å². The minimum atomic E-state index is -2.88. The van der Waals surface area contributed by atoms with E-state index in [0.717, 1.165) is 19.0 Å². The summed E-state index contributed by atoms with van der Waals surface area (Å²) in [5, 5.41) is 1.05. The Bertz CT molecular complexity index is 843. The second-order valence-corrected chi connectivity index (χ2v) is 17.0. The summed E-state index contributed by atoms with van der Waals surface area (Å²) in [6, 6.07) is 32.3. The second-order valence-electron chi connectivity index (χ2n) is 7.91.